The van der Waals surface area contributed by atoms with E-state index in [2.05, 4.69) is 29.7 Å². The topological polar surface area (TPSA) is 58.8 Å². The van der Waals surface area contributed by atoms with Crippen molar-refractivity contribution >= 4 is 41.5 Å². The summed E-state index contributed by atoms with van der Waals surface area (Å²) in [5, 5.41) is 7.50. The molecule has 0 spiro atoms. The highest BCUT2D eigenvalue weighted by Gasteiger charge is 2.34. The maximum Gasteiger partial charge on any atom is 0.191 e. The predicted octanol–water partition coefficient (Wildman–Crippen LogP) is 4.40. The van der Waals surface area contributed by atoms with Crippen molar-refractivity contribution in [1.29, 1.82) is 0 Å². The van der Waals surface area contributed by atoms with Gasteiger partial charge in [-0.05, 0) is 49.6 Å². The fourth-order valence-electron chi connectivity index (χ4n) is 3.45. The number of nitrogens with one attached hydrogen (secondary N) is 2. The Hall–Kier alpha value is -1.25. The molecule has 0 bridgehead atoms. The van der Waals surface area contributed by atoms with Crippen LogP contribution in [0, 0.1) is 0 Å². The monoisotopic (exact) mass is 517 g/mol. The third-order valence-corrected chi connectivity index (χ3v) is 5.25. The van der Waals surface area contributed by atoms with Gasteiger partial charge in [-0.15, -0.1) is 24.0 Å². The molecule has 0 unspecified atom stereocenters. The van der Waals surface area contributed by atoms with E-state index in [1.807, 2.05) is 24.3 Å². The number of ether oxygens (including phenoxy) is 1. The molecule has 0 radical (unpaired) electrons. The van der Waals surface area contributed by atoms with Crippen molar-refractivity contribution in [3.05, 3.63) is 59.0 Å². The number of aliphatic imine (C=N–C) groups is 1. The van der Waals surface area contributed by atoms with E-state index in [-0.39, 0.29) is 29.4 Å². The predicted molar refractivity (Wildman–Crippen MR) is 125 cm³/mol. The number of nitrogens with zero attached hydrogens (tertiary/aromatic N) is 1. The molecule has 1 fully saturated rings. The smallest absolute Gasteiger partial charge is 0.191 e. The summed E-state index contributed by atoms with van der Waals surface area (Å²) in [5.74, 6) is 1.80. The van der Waals surface area contributed by atoms with Crippen LogP contribution in [0.2, 0.25) is 5.02 Å². The second-order valence-corrected chi connectivity index (χ2v) is 7.29. The van der Waals surface area contributed by atoms with E-state index in [4.69, 9.17) is 25.7 Å². The Morgan fingerprint density at radius 2 is 2.00 bits per heavy atom. The lowest BCUT2D eigenvalue weighted by molar-refractivity contribution is 0.0531. The Balaban J connectivity index is 0.00000280. The lowest BCUT2D eigenvalue weighted by atomic mass is 9.74. The van der Waals surface area contributed by atoms with Crippen molar-refractivity contribution in [3.63, 3.8) is 0 Å². The quantitative estimate of drug-likeness (QED) is 0.325. The van der Waals surface area contributed by atoms with Crippen LogP contribution in [0.4, 0.5) is 0 Å². The Morgan fingerprint density at radius 3 is 2.68 bits per heavy atom. The van der Waals surface area contributed by atoms with Crippen LogP contribution in [0.15, 0.2) is 52.1 Å². The Morgan fingerprint density at radius 1 is 1.18 bits per heavy atom. The zero-order chi connectivity index (χ0) is 19.0. The maximum atomic E-state index is 6.26. The second kappa shape index (κ2) is 11.7. The molecule has 5 nitrogen and oxygen atoms in total. The van der Waals surface area contributed by atoms with Crippen molar-refractivity contribution in [2.45, 2.75) is 31.6 Å². The molecule has 7 heteroatoms. The zero-order valence-corrected chi connectivity index (χ0v) is 19.3. The van der Waals surface area contributed by atoms with Crippen LogP contribution >= 0.6 is 35.6 Å². The van der Waals surface area contributed by atoms with E-state index in [1.54, 1.807) is 6.26 Å². The Kier molecular flexibility index (Phi) is 9.61. The van der Waals surface area contributed by atoms with Gasteiger partial charge < -0.3 is 19.8 Å². The van der Waals surface area contributed by atoms with Crippen LogP contribution in [-0.4, -0.2) is 38.8 Å². The first kappa shape index (κ1) is 23.0. The average Bonchev–Trinajstić information content (AvgIpc) is 3.20. The van der Waals surface area contributed by atoms with E-state index in [0.717, 1.165) is 62.3 Å². The summed E-state index contributed by atoms with van der Waals surface area (Å²) in [4.78, 5) is 4.90. The molecule has 0 saturated carbocycles. The van der Waals surface area contributed by atoms with E-state index in [9.17, 15) is 0 Å². The van der Waals surface area contributed by atoms with Crippen molar-refractivity contribution in [1.82, 2.24) is 10.6 Å². The highest BCUT2D eigenvalue weighted by atomic mass is 127. The summed E-state index contributed by atoms with van der Waals surface area (Å²) in [7, 11) is 0. The summed E-state index contributed by atoms with van der Waals surface area (Å²) < 4.78 is 11.0. The molecule has 0 aliphatic carbocycles. The SMILES string of the molecule is CCNC(=NCC1(c2cccc(Cl)c2)CCOCC1)NCCc1ccco1.I. The first-order valence-electron chi connectivity index (χ1n) is 9.60. The Bertz CT molecular complexity index is 731. The number of furan rings is 1. The highest BCUT2D eigenvalue weighted by molar-refractivity contribution is 14.0. The first-order valence-corrected chi connectivity index (χ1v) is 9.98. The normalized spacial score (nSPS) is 16.3. The van der Waals surface area contributed by atoms with Gasteiger partial charge in [-0.3, -0.25) is 4.99 Å². The van der Waals surface area contributed by atoms with E-state index < -0.39 is 0 Å². The minimum Gasteiger partial charge on any atom is -0.469 e. The lowest BCUT2D eigenvalue weighted by Gasteiger charge is -2.36. The first-order chi connectivity index (χ1) is 13.2. The summed E-state index contributed by atoms with van der Waals surface area (Å²) in [6.45, 7) is 5.87. The third-order valence-electron chi connectivity index (χ3n) is 5.01. The number of halogens is 2. The standard InChI is InChI=1S/C21H28ClN3O2.HI/c1-2-23-20(24-11-8-19-7-4-12-27-19)25-16-21(9-13-26-14-10-21)17-5-3-6-18(22)15-17;/h3-7,12,15H,2,8-11,13-14,16H2,1H3,(H2,23,24,25);1H. The molecule has 0 atom stereocenters. The molecule has 2 aromatic rings. The molecule has 1 saturated heterocycles. The molecule has 3 rings (SSSR count). The van der Waals surface area contributed by atoms with Crippen LogP contribution in [0.3, 0.4) is 0 Å². The molecule has 1 aliphatic rings. The van der Waals surface area contributed by atoms with Gasteiger partial charge in [0.1, 0.15) is 5.76 Å². The molecular formula is C21H29ClIN3O2. The summed E-state index contributed by atoms with van der Waals surface area (Å²) in [6, 6.07) is 12.1. The van der Waals surface area contributed by atoms with Gasteiger partial charge in [0.2, 0.25) is 0 Å². The third kappa shape index (κ3) is 6.39. The van der Waals surface area contributed by atoms with Crippen molar-refractivity contribution in [2.75, 3.05) is 32.8 Å². The van der Waals surface area contributed by atoms with Crippen LogP contribution in [0.5, 0.6) is 0 Å². The van der Waals surface area contributed by atoms with Gasteiger partial charge >= 0.3 is 0 Å². The van der Waals surface area contributed by atoms with Gasteiger partial charge in [0.05, 0.1) is 12.8 Å². The van der Waals surface area contributed by atoms with Crippen LogP contribution in [0.1, 0.15) is 31.1 Å². The van der Waals surface area contributed by atoms with Gasteiger partial charge in [-0.25, -0.2) is 0 Å². The molecule has 1 aromatic heterocycles. The molecule has 2 N–H and O–H groups in total. The van der Waals surface area contributed by atoms with E-state index in [1.165, 1.54) is 5.56 Å². The average molecular weight is 518 g/mol. The van der Waals surface area contributed by atoms with Gasteiger partial charge in [-0.2, -0.15) is 0 Å². The Labute approximate surface area is 189 Å². The highest BCUT2D eigenvalue weighted by Crippen LogP contribution is 2.36. The molecule has 28 heavy (non-hydrogen) atoms. The minimum absolute atomic E-state index is 0. The molecule has 154 valence electrons. The molecule has 1 aromatic carbocycles. The fraction of sp³-hybridized carbons (Fsp3) is 0.476. The van der Waals surface area contributed by atoms with Crippen LogP contribution in [0.25, 0.3) is 0 Å². The van der Waals surface area contributed by atoms with Gasteiger partial charge in [0.15, 0.2) is 5.96 Å². The lowest BCUT2D eigenvalue weighted by Crippen LogP contribution is -2.41. The summed E-state index contributed by atoms with van der Waals surface area (Å²) in [6.07, 6.45) is 4.42. The molecular weight excluding hydrogens is 489 g/mol. The van der Waals surface area contributed by atoms with Crippen molar-refractivity contribution in [2.24, 2.45) is 4.99 Å². The van der Waals surface area contributed by atoms with Crippen LogP contribution < -0.4 is 10.6 Å². The van der Waals surface area contributed by atoms with E-state index in [0.29, 0.717) is 6.54 Å². The largest absolute Gasteiger partial charge is 0.469 e. The van der Waals surface area contributed by atoms with Gasteiger partial charge in [0.25, 0.3) is 0 Å². The number of benzene rings is 1. The number of hydrogen-bond acceptors (Lipinski definition) is 3. The van der Waals surface area contributed by atoms with Gasteiger partial charge in [0, 0.05) is 43.2 Å². The summed E-state index contributed by atoms with van der Waals surface area (Å²) in [5.41, 5.74) is 1.21. The minimum atomic E-state index is -0.0352. The summed E-state index contributed by atoms with van der Waals surface area (Å²) >= 11 is 6.26. The molecule has 0 amide bonds. The fourth-order valence-corrected chi connectivity index (χ4v) is 3.64. The van der Waals surface area contributed by atoms with Crippen molar-refractivity contribution < 1.29 is 9.15 Å². The zero-order valence-electron chi connectivity index (χ0n) is 16.2. The van der Waals surface area contributed by atoms with Crippen molar-refractivity contribution in [3.8, 4) is 0 Å². The maximum absolute atomic E-state index is 6.26. The number of rotatable bonds is 7. The number of hydrogen-bond donors (Lipinski definition) is 2. The van der Waals surface area contributed by atoms with E-state index >= 15 is 0 Å². The second-order valence-electron chi connectivity index (χ2n) is 6.85. The van der Waals surface area contributed by atoms with Crippen LogP contribution in [-0.2, 0) is 16.6 Å². The number of guanidine groups is 1. The molecule has 1 aliphatic heterocycles. The van der Waals surface area contributed by atoms with Gasteiger partial charge in [-0.1, -0.05) is 23.7 Å². The molecule has 2 heterocycles.